The highest BCUT2D eigenvalue weighted by Gasteiger charge is 2.51. The number of carbonyl (C=O) groups is 2. The Morgan fingerprint density at radius 1 is 0.778 bits per heavy atom. The van der Waals surface area contributed by atoms with Crippen molar-refractivity contribution in [3.63, 3.8) is 0 Å². The van der Waals surface area contributed by atoms with Crippen LogP contribution < -0.4 is 5.32 Å². The van der Waals surface area contributed by atoms with Crippen molar-refractivity contribution in [1.82, 2.24) is 5.32 Å². The molecule has 4 rings (SSSR count). The zero-order valence-electron chi connectivity index (χ0n) is 20.4. The van der Waals surface area contributed by atoms with E-state index in [-0.39, 0.29) is 6.61 Å². The van der Waals surface area contributed by atoms with Crippen molar-refractivity contribution in [2.24, 2.45) is 0 Å². The second-order valence-corrected chi connectivity index (χ2v) is 8.58. The highest BCUT2D eigenvalue weighted by molar-refractivity contribution is 5.90. The van der Waals surface area contributed by atoms with Crippen molar-refractivity contribution in [3.8, 4) is 0 Å². The van der Waals surface area contributed by atoms with Crippen LogP contribution in [0.15, 0.2) is 115 Å². The predicted molar refractivity (Wildman–Crippen MR) is 139 cm³/mol. The van der Waals surface area contributed by atoms with Crippen LogP contribution >= 0.6 is 0 Å². The number of hydrogen-bond donors (Lipinski definition) is 1. The first-order valence-corrected chi connectivity index (χ1v) is 11.8. The van der Waals surface area contributed by atoms with Crippen molar-refractivity contribution in [2.45, 2.75) is 25.0 Å². The molecule has 4 aromatic rings. The van der Waals surface area contributed by atoms with E-state index in [1.165, 1.54) is 7.11 Å². The van der Waals surface area contributed by atoms with Gasteiger partial charge in [0.1, 0.15) is 12.0 Å². The van der Waals surface area contributed by atoms with Crippen LogP contribution in [0.1, 0.15) is 33.9 Å². The average Bonchev–Trinajstić information content (AvgIpc) is 2.93. The zero-order valence-corrected chi connectivity index (χ0v) is 20.4. The lowest BCUT2D eigenvalue weighted by atomic mass is 9.67. The summed E-state index contributed by atoms with van der Waals surface area (Å²) < 4.78 is 11.0. The maximum atomic E-state index is 13.9. The monoisotopic (exact) mass is 479 g/mol. The van der Waals surface area contributed by atoms with Gasteiger partial charge in [-0.2, -0.15) is 0 Å². The van der Waals surface area contributed by atoms with E-state index in [0.29, 0.717) is 11.1 Å². The molecule has 0 fully saturated rings. The third-order valence-electron chi connectivity index (χ3n) is 6.25. The summed E-state index contributed by atoms with van der Waals surface area (Å²) in [5, 5.41) is 3.02. The highest BCUT2D eigenvalue weighted by Crippen LogP contribution is 2.44. The van der Waals surface area contributed by atoms with E-state index >= 15 is 0 Å². The third-order valence-corrected chi connectivity index (χ3v) is 6.25. The molecule has 5 nitrogen and oxygen atoms in total. The number of ether oxygens (including phenoxy) is 2. The molecule has 0 aliphatic heterocycles. The van der Waals surface area contributed by atoms with Crippen molar-refractivity contribution < 1.29 is 19.1 Å². The van der Waals surface area contributed by atoms with Crippen LogP contribution in [0.25, 0.3) is 0 Å². The number of methoxy groups -OCH3 is 1. The number of alkyl carbamates (subject to hydrolysis) is 1. The number of rotatable bonds is 8. The standard InChI is InChI=1S/C31H29NO4/c1-23-13-12-16-25(21-23)28(32-30(34)36-22-24-14-6-3-7-15-24)31(29(33)35-2,26-17-8-4-9-18-26)27-19-10-5-11-20-27/h3-21,28H,22H2,1-2H3,(H,32,34). The van der Waals surface area contributed by atoms with E-state index in [4.69, 9.17) is 9.47 Å². The van der Waals surface area contributed by atoms with Crippen molar-refractivity contribution >= 4 is 12.1 Å². The summed E-state index contributed by atoms with van der Waals surface area (Å²) in [7, 11) is 1.37. The molecule has 0 saturated carbocycles. The van der Waals surface area contributed by atoms with Gasteiger partial charge in [-0.3, -0.25) is 4.79 Å². The maximum absolute atomic E-state index is 13.9. The molecule has 5 heteroatoms. The number of nitrogens with one attached hydrogen (secondary N) is 1. The molecule has 0 bridgehead atoms. The van der Waals surface area contributed by atoms with Gasteiger partial charge in [0.05, 0.1) is 13.2 Å². The Kier molecular flexibility index (Phi) is 7.81. The van der Waals surface area contributed by atoms with Crippen LogP contribution in [0.5, 0.6) is 0 Å². The first kappa shape index (κ1) is 24.7. The number of hydrogen-bond acceptors (Lipinski definition) is 4. The van der Waals surface area contributed by atoms with E-state index in [0.717, 1.165) is 16.7 Å². The molecular weight excluding hydrogens is 450 g/mol. The van der Waals surface area contributed by atoms with Crippen LogP contribution in [0.4, 0.5) is 4.79 Å². The Morgan fingerprint density at radius 2 is 1.33 bits per heavy atom. The Morgan fingerprint density at radius 3 is 1.86 bits per heavy atom. The Hall–Kier alpha value is -4.38. The third kappa shape index (κ3) is 5.15. The van der Waals surface area contributed by atoms with Gasteiger partial charge in [0, 0.05) is 0 Å². The molecule has 1 amide bonds. The van der Waals surface area contributed by atoms with Gasteiger partial charge in [0.15, 0.2) is 0 Å². The number of benzene rings is 4. The summed E-state index contributed by atoms with van der Waals surface area (Å²) in [6.07, 6.45) is -0.634. The fourth-order valence-electron chi connectivity index (χ4n) is 4.59. The number of esters is 1. The second kappa shape index (κ2) is 11.4. The van der Waals surface area contributed by atoms with Gasteiger partial charge >= 0.3 is 12.1 Å². The molecular formula is C31H29NO4. The summed E-state index contributed by atoms with van der Waals surface area (Å²) in [6, 6.07) is 35.2. The van der Waals surface area contributed by atoms with E-state index < -0.39 is 23.5 Å². The minimum absolute atomic E-state index is 0.106. The van der Waals surface area contributed by atoms with Gasteiger partial charge in [-0.05, 0) is 29.2 Å². The summed E-state index contributed by atoms with van der Waals surface area (Å²) >= 11 is 0. The molecule has 0 saturated heterocycles. The van der Waals surface area contributed by atoms with E-state index in [1.807, 2.05) is 122 Å². The molecule has 1 unspecified atom stereocenters. The van der Waals surface area contributed by atoms with Gasteiger partial charge in [-0.15, -0.1) is 0 Å². The van der Waals surface area contributed by atoms with Gasteiger partial charge in [0.2, 0.25) is 0 Å². The topological polar surface area (TPSA) is 64.6 Å². The Labute approximate surface area is 211 Å². The zero-order chi connectivity index (χ0) is 25.4. The number of aryl methyl sites for hydroxylation is 1. The minimum atomic E-state index is -1.38. The average molecular weight is 480 g/mol. The van der Waals surface area contributed by atoms with E-state index in [2.05, 4.69) is 5.32 Å². The molecule has 0 aromatic heterocycles. The molecule has 0 radical (unpaired) electrons. The first-order valence-electron chi connectivity index (χ1n) is 11.8. The first-order chi connectivity index (χ1) is 17.6. The minimum Gasteiger partial charge on any atom is -0.468 e. The molecule has 1 N–H and O–H groups in total. The van der Waals surface area contributed by atoms with Crippen LogP contribution in [-0.2, 0) is 26.3 Å². The van der Waals surface area contributed by atoms with Crippen molar-refractivity contribution in [2.75, 3.05) is 7.11 Å². The summed E-state index contributed by atoms with van der Waals surface area (Å²) in [5.74, 6) is -0.491. The molecule has 4 aromatic carbocycles. The highest BCUT2D eigenvalue weighted by atomic mass is 16.5. The molecule has 36 heavy (non-hydrogen) atoms. The van der Waals surface area contributed by atoms with Crippen LogP contribution in [0.2, 0.25) is 0 Å². The SMILES string of the molecule is COC(=O)C(c1ccccc1)(c1ccccc1)C(NC(=O)OCc1ccccc1)c1cccc(C)c1. The molecule has 0 aliphatic carbocycles. The maximum Gasteiger partial charge on any atom is 0.408 e. The quantitative estimate of drug-likeness (QED) is 0.309. The Bertz CT molecular complexity index is 1250. The van der Waals surface area contributed by atoms with Crippen molar-refractivity contribution in [1.29, 1.82) is 0 Å². The van der Waals surface area contributed by atoms with E-state index in [9.17, 15) is 9.59 Å². The lowest BCUT2D eigenvalue weighted by Crippen LogP contribution is -2.50. The van der Waals surface area contributed by atoms with Gasteiger partial charge in [-0.1, -0.05) is 121 Å². The fourth-order valence-corrected chi connectivity index (χ4v) is 4.59. The number of carbonyl (C=O) groups excluding carboxylic acids is 2. The predicted octanol–water partition coefficient (Wildman–Crippen LogP) is 6.12. The normalized spacial score (nSPS) is 11.8. The molecule has 0 spiro atoms. The second-order valence-electron chi connectivity index (χ2n) is 8.58. The molecule has 0 heterocycles. The van der Waals surface area contributed by atoms with Gasteiger partial charge < -0.3 is 14.8 Å². The summed E-state index contributed by atoms with van der Waals surface area (Å²) in [5.41, 5.74) is 2.62. The lowest BCUT2D eigenvalue weighted by molar-refractivity contribution is -0.147. The fraction of sp³-hybridized carbons (Fsp3) is 0.161. The molecule has 1 atom stereocenters. The molecule has 0 aliphatic rings. The van der Waals surface area contributed by atoms with Crippen LogP contribution in [0, 0.1) is 6.92 Å². The largest absolute Gasteiger partial charge is 0.468 e. The van der Waals surface area contributed by atoms with Gasteiger partial charge in [-0.25, -0.2) is 4.79 Å². The van der Waals surface area contributed by atoms with Crippen LogP contribution in [0.3, 0.4) is 0 Å². The smallest absolute Gasteiger partial charge is 0.408 e. The van der Waals surface area contributed by atoms with Crippen LogP contribution in [-0.4, -0.2) is 19.2 Å². The molecule has 182 valence electrons. The lowest BCUT2D eigenvalue weighted by Gasteiger charge is -2.39. The van der Waals surface area contributed by atoms with Gasteiger partial charge in [0.25, 0.3) is 0 Å². The summed E-state index contributed by atoms with van der Waals surface area (Å²) in [4.78, 5) is 27.1. The summed E-state index contributed by atoms with van der Waals surface area (Å²) in [6.45, 7) is 2.08. The Balaban J connectivity index is 1.86. The van der Waals surface area contributed by atoms with E-state index in [1.54, 1.807) is 0 Å². The van der Waals surface area contributed by atoms with Crippen molar-refractivity contribution in [3.05, 3.63) is 143 Å². The number of amides is 1.